The number of halogens is 1. The molecule has 0 fully saturated rings. The van der Waals surface area contributed by atoms with Gasteiger partial charge < -0.3 is 11.1 Å². The molecule has 3 N–H and O–H groups in total. The Morgan fingerprint density at radius 3 is 2.94 bits per heavy atom. The normalized spacial score (nSPS) is 14.4. The zero-order chi connectivity index (χ0) is 12.1. The molecule has 6 heteroatoms. The second kappa shape index (κ2) is 6.06. The van der Waals surface area contributed by atoms with Crippen LogP contribution in [0.25, 0.3) is 0 Å². The summed E-state index contributed by atoms with van der Waals surface area (Å²) in [6.07, 6.45) is 2.51. The van der Waals surface area contributed by atoms with Gasteiger partial charge in [0.2, 0.25) is 0 Å². The van der Waals surface area contributed by atoms with E-state index in [1.807, 2.05) is 6.92 Å². The van der Waals surface area contributed by atoms with Gasteiger partial charge in [-0.05, 0) is 18.6 Å². The van der Waals surface area contributed by atoms with E-state index in [4.69, 9.17) is 17.3 Å². The third-order valence-electron chi connectivity index (χ3n) is 2.30. The van der Waals surface area contributed by atoms with Crippen LogP contribution in [0.5, 0.6) is 0 Å². The Morgan fingerprint density at radius 2 is 2.31 bits per heavy atom. The van der Waals surface area contributed by atoms with Crippen LogP contribution in [0.2, 0.25) is 5.15 Å². The lowest BCUT2D eigenvalue weighted by molar-refractivity contribution is 0.672. The van der Waals surface area contributed by atoms with Gasteiger partial charge in [0, 0.05) is 28.9 Å². The summed E-state index contributed by atoms with van der Waals surface area (Å²) in [5.41, 5.74) is 6.29. The average molecular weight is 262 g/mol. The molecule has 2 atom stereocenters. The fourth-order valence-corrected chi connectivity index (χ4v) is 1.74. The lowest BCUT2D eigenvalue weighted by Gasteiger charge is -2.11. The molecule has 1 aromatic heterocycles. The molecule has 0 aromatic carbocycles. The summed E-state index contributed by atoms with van der Waals surface area (Å²) in [6.45, 7) is 2.63. The van der Waals surface area contributed by atoms with E-state index in [-0.39, 0.29) is 5.25 Å². The number of pyridine rings is 1. The minimum Gasteiger partial charge on any atom is -0.396 e. The number of hydrogen-bond donors (Lipinski definition) is 2. The highest BCUT2D eigenvalue weighted by Gasteiger charge is 2.06. The van der Waals surface area contributed by atoms with E-state index in [2.05, 4.69) is 10.3 Å². The molecule has 0 saturated carbocycles. The molecule has 0 amide bonds. The summed E-state index contributed by atoms with van der Waals surface area (Å²) >= 11 is 5.75. The monoisotopic (exact) mass is 261 g/mol. The van der Waals surface area contributed by atoms with Crippen molar-refractivity contribution in [3.8, 4) is 0 Å². The van der Waals surface area contributed by atoms with Crippen LogP contribution in [-0.4, -0.2) is 27.2 Å². The molecule has 4 nitrogen and oxygen atoms in total. The first-order chi connectivity index (χ1) is 7.50. The van der Waals surface area contributed by atoms with Crippen molar-refractivity contribution in [2.24, 2.45) is 0 Å². The number of nitrogens with one attached hydrogen (secondary N) is 1. The van der Waals surface area contributed by atoms with Gasteiger partial charge in [-0.2, -0.15) is 0 Å². The Hall–Kier alpha value is -0.810. The molecule has 0 aliphatic rings. The number of hydrogen-bond acceptors (Lipinski definition) is 4. The number of nitrogens with zero attached hydrogens (tertiary/aromatic N) is 1. The first kappa shape index (κ1) is 13.3. The van der Waals surface area contributed by atoms with Crippen LogP contribution in [0.15, 0.2) is 12.1 Å². The highest BCUT2D eigenvalue weighted by molar-refractivity contribution is 7.84. The first-order valence-electron chi connectivity index (χ1n) is 4.99. The van der Waals surface area contributed by atoms with Crippen molar-refractivity contribution in [2.75, 3.05) is 23.9 Å². The first-order valence-corrected chi connectivity index (χ1v) is 6.98. The maximum atomic E-state index is 11.1. The lowest BCUT2D eigenvalue weighted by Crippen LogP contribution is -2.15. The number of anilines is 2. The Morgan fingerprint density at radius 1 is 1.62 bits per heavy atom. The highest BCUT2D eigenvalue weighted by Crippen LogP contribution is 2.18. The maximum absolute atomic E-state index is 11.1. The zero-order valence-corrected chi connectivity index (χ0v) is 10.9. The molecule has 1 heterocycles. The fraction of sp³-hybridized carbons (Fsp3) is 0.500. The molecule has 0 saturated heterocycles. The Labute approximate surface area is 103 Å². The maximum Gasteiger partial charge on any atom is 0.150 e. The largest absolute Gasteiger partial charge is 0.396 e. The number of rotatable bonds is 5. The predicted octanol–water partition coefficient (Wildman–Crippen LogP) is 1.89. The van der Waals surface area contributed by atoms with Crippen LogP contribution in [-0.2, 0) is 10.8 Å². The van der Waals surface area contributed by atoms with E-state index in [0.717, 1.165) is 6.42 Å². The van der Waals surface area contributed by atoms with Gasteiger partial charge in [0.15, 0.2) is 5.82 Å². The molecule has 0 aliphatic carbocycles. The van der Waals surface area contributed by atoms with Crippen LogP contribution in [0.4, 0.5) is 11.5 Å². The standard InChI is InChI=1S/C10H16ClN3OS/c1-7(16(2)15)5-6-13-10-8(12)3-4-9(11)14-10/h3-4,7H,5-6,12H2,1-2H3,(H,13,14). The molecular formula is C10H16ClN3OS. The van der Waals surface area contributed by atoms with Crippen LogP contribution < -0.4 is 11.1 Å². The van der Waals surface area contributed by atoms with Crippen LogP contribution in [0.3, 0.4) is 0 Å². The summed E-state index contributed by atoms with van der Waals surface area (Å²) in [5, 5.41) is 3.65. The molecular weight excluding hydrogens is 246 g/mol. The van der Waals surface area contributed by atoms with E-state index in [1.165, 1.54) is 0 Å². The van der Waals surface area contributed by atoms with E-state index >= 15 is 0 Å². The minimum atomic E-state index is -0.796. The summed E-state index contributed by atoms with van der Waals surface area (Å²) in [6, 6.07) is 3.35. The zero-order valence-electron chi connectivity index (χ0n) is 9.37. The molecule has 0 spiro atoms. The summed E-state index contributed by atoms with van der Waals surface area (Å²) in [7, 11) is -0.796. The molecule has 1 aromatic rings. The van der Waals surface area contributed by atoms with Gasteiger partial charge in [-0.15, -0.1) is 0 Å². The van der Waals surface area contributed by atoms with E-state index in [1.54, 1.807) is 18.4 Å². The molecule has 1 rings (SSSR count). The lowest BCUT2D eigenvalue weighted by atomic mass is 10.3. The molecule has 2 unspecified atom stereocenters. The van der Waals surface area contributed by atoms with Crippen molar-refractivity contribution in [1.29, 1.82) is 0 Å². The highest BCUT2D eigenvalue weighted by atomic mass is 35.5. The van der Waals surface area contributed by atoms with Gasteiger partial charge in [0.05, 0.1) is 5.69 Å². The summed E-state index contributed by atoms with van der Waals surface area (Å²) in [4.78, 5) is 4.07. The number of nitrogens with two attached hydrogens (primary N) is 1. The summed E-state index contributed by atoms with van der Waals surface area (Å²) in [5.74, 6) is 0.585. The quantitative estimate of drug-likeness (QED) is 0.795. The molecule has 16 heavy (non-hydrogen) atoms. The van der Waals surface area contributed by atoms with Gasteiger partial charge in [0.25, 0.3) is 0 Å². The Kier molecular flexibility index (Phi) is 5.02. The average Bonchev–Trinajstić information content (AvgIpc) is 2.22. The van der Waals surface area contributed by atoms with E-state index in [0.29, 0.717) is 23.2 Å². The van der Waals surface area contributed by atoms with Gasteiger partial charge in [0.1, 0.15) is 5.15 Å². The summed E-state index contributed by atoms with van der Waals surface area (Å²) < 4.78 is 11.1. The third-order valence-corrected chi connectivity index (χ3v) is 3.88. The van der Waals surface area contributed by atoms with Gasteiger partial charge in [-0.1, -0.05) is 18.5 Å². The SMILES string of the molecule is CC(CCNc1nc(Cl)ccc1N)S(C)=O. The molecule has 0 bridgehead atoms. The molecule has 90 valence electrons. The van der Waals surface area contributed by atoms with Crippen LogP contribution >= 0.6 is 11.6 Å². The number of nitrogen functional groups attached to an aromatic ring is 1. The van der Waals surface area contributed by atoms with Gasteiger partial charge in [-0.3, -0.25) is 4.21 Å². The predicted molar refractivity (Wildman–Crippen MR) is 70.3 cm³/mol. The molecule has 0 radical (unpaired) electrons. The van der Waals surface area contributed by atoms with Crippen molar-refractivity contribution in [1.82, 2.24) is 4.98 Å². The smallest absolute Gasteiger partial charge is 0.150 e. The fourth-order valence-electron chi connectivity index (χ4n) is 1.15. The van der Waals surface area contributed by atoms with Crippen molar-refractivity contribution < 1.29 is 4.21 Å². The molecule has 0 aliphatic heterocycles. The van der Waals surface area contributed by atoms with Crippen molar-refractivity contribution >= 4 is 33.9 Å². The minimum absolute atomic E-state index is 0.160. The second-order valence-corrected chi connectivity index (χ2v) is 5.79. The van der Waals surface area contributed by atoms with E-state index in [9.17, 15) is 4.21 Å². The Balaban J connectivity index is 2.48. The number of aromatic nitrogens is 1. The third kappa shape index (κ3) is 3.98. The van der Waals surface area contributed by atoms with Crippen molar-refractivity contribution in [3.63, 3.8) is 0 Å². The Bertz CT molecular complexity index is 386. The van der Waals surface area contributed by atoms with Gasteiger partial charge in [-0.25, -0.2) is 4.98 Å². The van der Waals surface area contributed by atoms with E-state index < -0.39 is 10.8 Å². The van der Waals surface area contributed by atoms with Crippen LogP contribution in [0, 0.1) is 0 Å². The van der Waals surface area contributed by atoms with Crippen molar-refractivity contribution in [2.45, 2.75) is 18.6 Å². The van der Waals surface area contributed by atoms with Crippen molar-refractivity contribution in [3.05, 3.63) is 17.3 Å². The second-order valence-electron chi connectivity index (χ2n) is 3.60. The van der Waals surface area contributed by atoms with Crippen LogP contribution in [0.1, 0.15) is 13.3 Å². The van der Waals surface area contributed by atoms with Gasteiger partial charge >= 0.3 is 0 Å². The topological polar surface area (TPSA) is 68.0 Å².